The van der Waals surface area contributed by atoms with Crippen LogP contribution in [-0.4, -0.2) is 26.6 Å². The Hall–Kier alpha value is -2.25. The maximum absolute atomic E-state index is 11.4. The molecule has 1 aliphatic heterocycles. The fourth-order valence-corrected chi connectivity index (χ4v) is 1.20. The van der Waals surface area contributed by atoms with Crippen molar-refractivity contribution < 1.29 is 4.79 Å². The molecule has 78 valence electrons. The summed E-state index contributed by atoms with van der Waals surface area (Å²) in [4.78, 5) is 22.6. The average Bonchev–Trinajstić information content (AvgIpc) is 2.43. The Balaban J connectivity index is 2.41. The molecule has 0 unspecified atom stereocenters. The van der Waals surface area contributed by atoms with Crippen LogP contribution >= 0.6 is 0 Å². The normalized spacial score (nSPS) is 15.7. The van der Waals surface area contributed by atoms with Crippen molar-refractivity contribution in [1.29, 1.82) is 0 Å². The molecule has 4 N–H and O–H groups in total. The number of rotatable bonds is 1. The van der Waals surface area contributed by atoms with Crippen LogP contribution in [0.3, 0.4) is 0 Å². The zero-order chi connectivity index (χ0) is 11.0. The Kier molecular flexibility index (Phi) is 1.96. The molecular weight excluding hydrogens is 198 g/mol. The number of amides is 1. The van der Waals surface area contributed by atoms with Gasteiger partial charge in [-0.1, -0.05) is 0 Å². The number of nitrogens with two attached hydrogens (primary N) is 2. The number of nitrogen functional groups attached to an aromatic ring is 2. The summed E-state index contributed by atoms with van der Waals surface area (Å²) in [6.07, 6.45) is 0.255. The van der Waals surface area contributed by atoms with Gasteiger partial charge in [-0.05, 0) is 6.92 Å². The molecule has 15 heavy (non-hydrogen) atoms. The van der Waals surface area contributed by atoms with Crippen molar-refractivity contribution in [2.24, 2.45) is 5.10 Å². The van der Waals surface area contributed by atoms with Crippen molar-refractivity contribution >= 4 is 29.5 Å². The van der Waals surface area contributed by atoms with Crippen LogP contribution in [0.1, 0.15) is 13.3 Å². The van der Waals surface area contributed by atoms with Gasteiger partial charge < -0.3 is 11.5 Å². The molecule has 1 aromatic heterocycles. The SMILES string of the molecule is CC1=NN(c2nc(N)nc(N)n2)C(=O)C1. The summed E-state index contributed by atoms with van der Waals surface area (Å²) in [5.41, 5.74) is 11.4. The number of hydrogen-bond acceptors (Lipinski definition) is 7. The molecule has 2 rings (SSSR count). The minimum absolute atomic E-state index is 0.0370. The highest BCUT2D eigenvalue weighted by molar-refractivity contribution is 6.11. The van der Waals surface area contributed by atoms with Crippen molar-refractivity contribution in [3.63, 3.8) is 0 Å². The molecule has 1 aromatic rings. The number of hydrazone groups is 1. The van der Waals surface area contributed by atoms with Crippen molar-refractivity contribution in [2.45, 2.75) is 13.3 Å². The van der Waals surface area contributed by atoms with E-state index in [1.54, 1.807) is 6.92 Å². The zero-order valence-corrected chi connectivity index (χ0v) is 8.01. The first-order chi connectivity index (χ1) is 7.06. The number of carbonyl (C=O) groups is 1. The third-order valence-electron chi connectivity index (χ3n) is 1.76. The van der Waals surface area contributed by atoms with Crippen molar-refractivity contribution in [2.75, 3.05) is 16.5 Å². The van der Waals surface area contributed by atoms with Crippen molar-refractivity contribution in [3.05, 3.63) is 0 Å². The fourth-order valence-electron chi connectivity index (χ4n) is 1.20. The molecule has 1 amide bonds. The maximum Gasteiger partial charge on any atom is 0.260 e. The van der Waals surface area contributed by atoms with E-state index < -0.39 is 0 Å². The minimum atomic E-state index is -0.211. The van der Waals surface area contributed by atoms with E-state index in [0.717, 1.165) is 5.01 Å². The van der Waals surface area contributed by atoms with E-state index in [0.29, 0.717) is 5.71 Å². The molecule has 0 fully saturated rings. The summed E-state index contributed by atoms with van der Waals surface area (Å²) < 4.78 is 0. The molecule has 0 atom stereocenters. The van der Waals surface area contributed by atoms with Crippen LogP contribution in [0.25, 0.3) is 0 Å². The largest absolute Gasteiger partial charge is 0.368 e. The second-order valence-corrected chi connectivity index (χ2v) is 3.07. The number of hydrogen-bond donors (Lipinski definition) is 2. The third-order valence-corrected chi connectivity index (χ3v) is 1.76. The predicted octanol–water partition coefficient (Wildman–Crippen LogP) is -0.851. The third kappa shape index (κ3) is 1.68. The summed E-state index contributed by atoms with van der Waals surface area (Å²) in [6, 6.07) is 0. The van der Waals surface area contributed by atoms with Gasteiger partial charge in [0.15, 0.2) is 0 Å². The quantitative estimate of drug-likeness (QED) is 0.618. The van der Waals surface area contributed by atoms with Gasteiger partial charge in [0.05, 0.1) is 6.42 Å². The molecule has 0 aliphatic carbocycles. The molecular formula is C7H9N7O. The second-order valence-electron chi connectivity index (χ2n) is 3.07. The van der Waals surface area contributed by atoms with Crippen molar-refractivity contribution in [1.82, 2.24) is 15.0 Å². The van der Waals surface area contributed by atoms with Crippen LogP contribution in [0.2, 0.25) is 0 Å². The van der Waals surface area contributed by atoms with Crippen LogP contribution in [0.4, 0.5) is 17.8 Å². The summed E-state index contributed by atoms with van der Waals surface area (Å²) in [5.74, 6) is -0.227. The molecule has 2 heterocycles. The average molecular weight is 207 g/mol. The topological polar surface area (TPSA) is 123 Å². The van der Waals surface area contributed by atoms with Gasteiger partial charge in [-0.25, -0.2) is 0 Å². The molecule has 0 saturated heterocycles. The Morgan fingerprint density at radius 1 is 1.20 bits per heavy atom. The number of nitrogens with zero attached hydrogens (tertiary/aromatic N) is 5. The van der Waals surface area contributed by atoms with Gasteiger partial charge in [0.2, 0.25) is 11.9 Å². The van der Waals surface area contributed by atoms with Crippen molar-refractivity contribution in [3.8, 4) is 0 Å². The molecule has 0 spiro atoms. The van der Waals surface area contributed by atoms with E-state index in [1.807, 2.05) is 0 Å². The van der Waals surface area contributed by atoms with E-state index in [9.17, 15) is 4.79 Å². The van der Waals surface area contributed by atoms with Crippen LogP contribution in [0, 0.1) is 0 Å². The Labute approximate surface area is 85.0 Å². The van der Waals surface area contributed by atoms with Gasteiger partial charge in [0.1, 0.15) is 0 Å². The number of carbonyl (C=O) groups excluding carboxylic acids is 1. The van der Waals surface area contributed by atoms with E-state index in [2.05, 4.69) is 20.1 Å². The summed E-state index contributed by atoms with van der Waals surface area (Å²) >= 11 is 0. The number of anilines is 3. The van der Waals surface area contributed by atoms with Gasteiger partial charge in [-0.3, -0.25) is 4.79 Å². The maximum atomic E-state index is 11.4. The Morgan fingerprint density at radius 2 is 1.80 bits per heavy atom. The van der Waals surface area contributed by atoms with Gasteiger partial charge in [-0.2, -0.15) is 25.1 Å². The Bertz CT molecular complexity index is 434. The van der Waals surface area contributed by atoms with E-state index in [1.165, 1.54) is 0 Å². The minimum Gasteiger partial charge on any atom is -0.368 e. The molecule has 0 bridgehead atoms. The van der Waals surface area contributed by atoms with E-state index >= 15 is 0 Å². The summed E-state index contributed by atoms with van der Waals surface area (Å²) in [5, 5.41) is 5.03. The molecule has 8 nitrogen and oxygen atoms in total. The first-order valence-electron chi connectivity index (χ1n) is 4.20. The first kappa shape index (κ1) is 9.31. The lowest BCUT2D eigenvalue weighted by molar-refractivity contribution is -0.117. The Morgan fingerprint density at radius 3 is 2.27 bits per heavy atom. The summed E-state index contributed by atoms with van der Waals surface area (Å²) in [7, 11) is 0. The summed E-state index contributed by atoms with van der Waals surface area (Å²) in [6.45, 7) is 1.74. The fraction of sp³-hybridized carbons (Fsp3) is 0.286. The van der Waals surface area contributed by atoms with E-state index in [4.69, 9.17) is 11.5 Å². The standard InChI is InChI=1S/C7H9N7O/c1-3-2-4(15)14(13-3)7-11-5(8)10-6(9)12-7/h2H2,1H3,(H4,8,9,10,11,12). The smallest absolute Gasteiger partial charge is 0.260 e. The monoisotopic (exact) mass is 207 g/mol. The van der Waals surface area contributed by atoms with Crippen LogP contribution < -0.4 is 16.5 Å². The molecule has 8 heteroatoms. The highest BCUT2D eigenvalue weighted by Crippen LogP contribution is 2.16. The van der Waals surface area contributed by atoms with E-state index in [-0.39, 0.29) is 30.2 Å². The highest BCUT2D eigenvalue weighted by atomic mass is 16.2. The lowest BCUT2D eigenvalue weighted by atomic mass is 10.3. The van der Waals surface area contributed by atoms with Gasteiger partial charge in [-0.15, -0.1) is 0 Å². The number of aromatic nitrogens is 3. The van der Waals surface area contributed by atoms with Gasteiger partial charge in [0, 0.05) is 5.71 Å². The molecule has 1 aliphatic rings. The highest BCUT2D eigenvalue weighted by Gasteiger charge is 2.25. The lowest BCUT2D eigenvalue weighted by Gasteiger charge is -2.09. The molecule has 0 radical (unpaired) electrons. The van der Waals surface area contributed by atoms with Crippen LogP contribution in [-0.2, 0) is 4.79 Å². The second kappa shape index (κ2) is 3.15. The molecule has 0 saturated carbocycles. The molecule has 0 aromatic carbocycles. The van der Waals surface area contributed by atoms with Gasteiger partial charge >= 0.3 is 0 Å². The zero-order valence-electron chi connectivity index (χ0n) is 8.01. The predicted molar refractivity (Wildman–Crippen MR) is 53.9 cm³/mol. The van der Waals surface area contributed by atoms with Crippen LogP contribution in [0.15, 0.2) is 5.10 Å². The van der Waals surface area contributed by atoms with Gasteiger partial charge in [0.25, 0.3) is 11.9 Å². The lowest BCUT2D eigenvalue weighted by Crippen LogP contribution is -2.23. The van der Waals surface area contributed by atoms with Crippen LogP contribution in [0.5, 0.6) is 0 Å². The first-order valence-corrected chi connectivity index (χ1v) is 4.20.